The van der Waals surface area contributed by atoms with E-state index in [0.29, 0.717) is 18.8 Å². The van der Waals surface area contributed by atoms with Crippen LogP contribution in [0.1, 0.15) is 30.2 Å². The van der Waals surface area contributed by atoms with Gasteiger partial charge in [-0.3, -0.25) is 4.79 Å². The van der Waals surface area contributed by atoms with Gasteiger partial charge in [-0.1, -0.05) is 0 Å². The SMILES string of the molecule is CNC(=O)C(C)(C)CNCc1ccc(C(=O)O)o1. The van der Waals surface area contributed by atoms with Crippen LogP contribution < -0.4 is 10.6 Å². The van der Waals surface area contributed by atoms with E-state index in [0.717, 1.165) is 0 Å². The number of hydrogen-bond acceptors (Lipinski definition) is 4. The molecule has 1 rings (SSSR count). The summed E-state index contributed by atoms with van der Waals surface area (Å²) in [7, 11) is 1.59. The highest BCUT2D eigenvalue weighted by atomic mass is 16.4. The van der Waals surface area contributed by atoms with Gasteiger partial charge in [-0.15, -0.1) is 0 Å². The van der Waals surface area contributed by atoms with Crippen molar-refractivity contribution in [3.8, 4) is 0 Å². The van der Waals surface area contributed by atoms with E-state index in [4.69, 9.17) is 9.52 Å². The quantitative estimate of drug-likeness (QED) is 0.699. The summed E-state index contributed by atoms with van der Waals surface area (Å²) in [4.78, 5) is 22.1. The van der Waals surface area contributed by atoms with E-state index in [1.807, 2.05) is 13.8 Å². The first-order valence-corrected chi connectivity index (χ1v) is 5.62. The topological polar surface area (TPSA) is 91.6 Å². The Kier molecular flexibility index (Phi) is 4.49. The summed E-state index contributed by atoms with van der Waals surface area (Å²) in [5.41, 5.74) is -0.531. The normalized spacial score (nSPS) is 11.3. The average Bonchev–Trinajstić information content (AvgIpc) is 2.76. The second-order valence-electron chi connectivity index (χ2n) is 4.64. The van der Waals surface area contributed by atoms with Crippen molar-refractivity contribution in [3.63, 3.8) is 0 Å². The van der Waals surface area contributed by atoms with Gasteiger partial charge in [0.05, 0.1) is 12.0 Å². The van der Waals surface area contributed by atoms with Crippen LogP contribution >= 0.6 is 0 Å². The molecule has 0 saturated carbocycles. The lowest BCUT2D eigenvalue weighted by atomic mass is 9.92. The summed E-state index contributed by atoms with van der Waals surface area (Å²) in [6.45, 7) is 4.50. The number of carbonyl (C=O) groups is 2. The highest BCUT2D eigenvalue weighted by Gasteiger charge is 2.25. The molecule has 1 heterocycles. The average molecular weight is 254 g/mol. The van der Waals surface area contributed by atoms with Crippen molar-refractivity contribution in [2.75, 3.05) is 13.6 Å². The van der Waals surface area contributed by atoms with Gasteiger partial charge >= 0.3 is 5.97 Å². The molecule has 0 atom stereocenters. The van der Waals surface area contributed by atoms with E-state index in [1.165, 1.54) is 6.07 Å². The van der Waals surface area contributed by atoms with Crippen LogP contribution in [-0.4, -0.2) is 30.6 Å². The van der Waals surface area contributed by atoms with E-state index >= 15 is 0 Å². The number of aromatic carboxylic acids is 1. The lowest BCUT2D eigenvalue weighted by molar-refractivity contribution is -0.128. The lowest BCUT2D eigenvalue weighted by Gasteiger charge is -2.22. The fourth-order valence-corrected chi connectivity index (χ4v) is 1.50. The number of furan rings is 1. The van der Waals surface area contributed by atoms with E-state index < -0.39 is 11.4 Å². The molecule has 6 heteroatoms. The van der Waals surface area contributed by atoms with Crippen LogP contribution in [0.2, 0.25) is 0 Å². The largest absolute Gasteiger partial charge is 0.475 e. The van der Waals surface area contributed by atoms with Crippen LogP contribution in [0.15, 0.2) is 16.5 Å². The zero-order valence-corrected chi connectivity index (χ0v) is 10.7. The highest BCUT2D eigenvalue weighted by molar-refractivity contribution is 5.84. The van der Waals surface area contributed by atoms with Gasteiger partial charge in [0.1, 0.15) is 5.76 Å². The van der Waals surface area contributed by atoms with Crippen LogP contribution in [0.5, 0.6) is 0 Å². The maximum Gasteiger partial charge on any atom is 0.371 e. The Morgan fingerprint density at radius 3 is 2.56 bits per heavy atom. The first-order valence-electron chi connectivity index (χ1n) is 5.62. The highest BCUT2D eigenvalue weighted by Crippen LogP contribution is 2.14. The Morgan fingerprint density at radius 1 is 1.39 bits per heavy atom. The zero-order valence-electron chi connectivity index (χ0n) is 10.7. The molecule has 0 radical (unpaired) electrons. The summed E-state index contributed by atoms with van der Waals surface area (Å²) >= 11 is 0. The third-order valence-corrected chi connectivity index (χ3v) is 2.58. The van der Waals surface area contributed by atoms with Crippen molar-refractivity contribution < 1.29 is 19.1 Å². The summed E-state index contributed by atoms with van der Waals surface area (Å²) in [5.74, 6) is -0.704. The molecule has 1 amide bonds. The third kappa shape index (κ3) is 3.59. The monoisotopic (exact) mass is 254 g/mol. The molecular formula is C12H18N2O4. The molecule has 100 valence electrons. The van der Waals surface area contributed by atoms with Gasteiger partial charge in [0.15, 0.2) is 0 Å². The molecule has 1 aromatic rings. The number of carboxylic acids is 1. The number of amides is 1. The van der Waals surface area contributed by atoms with Gasteiger partial charge in [0.25, 0.3) is 0 Å². The smallest absolute Gasteiger partial charge is 0.371 e. The molecule has 0 aliphatic rings. The van der Waals surface area contributed by atoms with E-state index in [-0.39, 0.29) is 11.7 Å². The molecule has 0 spiro atoms. The fourth-order valence-electron chi connectivity index (χ4n) is 1.50. The standard InChI is InChI=1S/C12H18N2O4/c1-12(2,11(17)13-3)7-14-6-8-4-5-9(18-8)10(15)16/h4-5,14H,6-7H2,1-3H3,(H,13,17)(H,15,16). The van der Waals surface area contributed by atoms with Crippen LogP contribution in [0, 0.1) is 5.41 Å². The molecular weight excluding hydrogens is 236 g/mol. The lowest BCUT2D eigenvalue weighted by Crippen LogP contribution is -2.41. The zero-order chi connectivity index (χ0) is 13.8. The van der Waals surface area contributed by atoms with E-state index in [1.54, 1.807) is 13.1 Å². The van der Waals surface area contributed by atoms with Gasteiger partial charge in [-0.2, -0.15) is 0 Å². The second-order valence-corrected chi connectivity index (χ2v) is 4.64. The summed E-state index contributed by atoms with van der Waals surface area (Å²) in [6, 6.07) is 3.01. The van der Waals surface area contributed by atoms with Crippen LogP contribution in [0.3, 0.4) is 0 Å². The first-order chi connectivity index (χ1) is 8.36. The molecule has 0 aromatic carbocycles. The Balaban J connectivity index is 2.46. The van der Waals surface area contributed by atoms with Crippen molar-refractivity contribution in [2.45, 2.75) is 20.4 Å². The molecule has 6 nitrogen and oxygen atoms in total. The fraction of sp³-hybridized carbons (Fsp3) is 0.500. The van der Waals surface area contributed by atoms with Gasteiger partial charge in [0.2, 0.25) is 11.7 Å². The number of rotatable bonds is 6. The minimum atomic E-state index is -1.09. The molecule has 0 aliphatic carbocycles. The molecule has 0 fully saturated rings. The minimum absolute atomic E-state index is 0.0549. The maximum atomic E-state index is 11.5. The predicted octanol–water partition coefficient (Wildman–Crippen LogP) is 0.840. The van der Waals surface area contributed by atoms with E-state index in [2.05, 4.69) is 10.6 Å². The van der Waals surface area contributed by atoms with Crippen molar-refractivity contribution in [3.05, 3.63) is 23.7 Å². The maximum absolute atomic E-state index is 11.5. The van der Waals surface area contributed by atoms with Gasteiger partial charge in [-0.05, 0) is 26.0 Å². The van der Waals surface area contributed by atoms with Crippen molar-refractivity contribution in [1.82, 2.24) is 10.6 Å². The van der Waals surface area contributed by atoms with Gasteiger partial charge in [0, 0.05) is 13.6 Å². The number of hydrogen-bond donors (Lipinski definition) is 3. The first kappa shape index (κ1) is 14.2. The molecule has 0 bridgehead atoms. The van der Waals surface area contributed by atoms with Crippen LogP contribution in [0.25, 0.3) is 0 Å². The Hall–Kier alpha value is -1.82. The molecule has 3 N–H and O–H groups in total. The molecule has 18 heavy (non-hydrogen) atoms. The Bertz CT molecular complexity index is 437. The Morgan fingerprint density at radius 2 is 2.06 bits per heavy atom. The summed E-state index contributed by atoms with van der Waals surface area (Å²) in [5, 5.41) is 14.3. The van der Waals surface area contributed by atoms with Crippen molar-refractivity contribution >= 4 is 11.9 Å². The van der Waals surface area contributed by atoms with E-state index in [9.17, 15) is 9.59 Å². The minimum Gasteiger partial charge on any atom is -0.475 e. The summed E-state index contributed by atoms with van der Waals surface area (Å²) < 4.78 is 5.08. The predicted molar refractivity (Wildman–Crippen MR) is 65.2 cm³/mol. The molecule has 1 aromatic heterocycles. The molecule has 0 saturated heterocycles. The number of nitrogens with one attached hydrogen (secondary N) is 2. The van der Waals surface area contributed by atoms with Crippen molar-refractivity contribution in [2.24, 2.45) is 5.41 Å². The third-order valence-electron chi connectivity index (χ3n) is 2.58. The Labute approximate surface area is 105 Å². The van der Waals surface area contributed by atoms with Gasteiger partial charge < -0.3 is 20.2 Å². The van der Waals surface area contributed by atoms with Gasteiger partial charge in [-0.25, -0.2) is 4.79 Å². The van der Waals surface area contributed by atoms with Crippen molar-refractivity contribution in [1.29, 1.82) is 0 Å². The van der Waals surface area contributed by atoms with Crippen LogP contribution in [0.4, 0.5) is 0 Å². The summed E-state index contributed by atoms with van der Waals surface area (Å²) in [6.07, 6.45) is 0. The molecule has 0 unspecified atom stereocenters. The molecule has 0 aliphatic heterocycles. The number of carboxylic acid groups (broad SMARTS) is 1. The second kappa shape index (κ2) is 5.68. The number of carbonyl (C=O) groups excluding carboxylic acids is 1. The van der Waals surface area contributed by atoms with Crippen LogP contribution in [-0.2, 0) is 11.3 Å².